The zero-order valence-electron chi connectivity index (χ0n) is 24.7. The molecule has 1 fully saturated rings. The predicted octanol–water partition coefficient (Wildman–Crippen LogP) is 2.83. The number of nitro groups is 1. The Morgan fingerprint density at radius 1 is 1.00 bits per heavy atom. The van der Waals surface area contributed by atoms with Gasteiger partial charge in [0.05, 0.1) is 16.4 Å². The molecule has 0 aromatic heterocycles. The van der Waals surface area contributed by atoms with Crippen molar-refractivity contribution in [2.24, 2.45) is 0 Å². The van der Waals surface area contributed by atoms with Crippen molar-refractivity contribution >= 4 is 52.7 Å². The van der Waals surface area contributed by atoms with Gasteiger partial charge in [-0.05, 0) is 29.8 Å². The highest BCUT2D eigenvalue weighted by Gasteiger charge is 2.32. The summed E-state index contributed by atoms with van der Waals surface area (Å²) < 4.78 is 0. The highest BCUT2D eigenvalue weighted by atomic mass is 35.5. The predicted molar refractivity (Wildman–Crippen MR) is 172 cm³/mol. The summed E-state index contributed by atoms with van der Waals surface area (Å²) in [7, 11) is 0. The maximum Gasteiger partial charge on any atom is 0.282 e. The number of amides is 4. The third kappa shape index (κ3) is 8.93. The molecule has 0 spiro atoms. The van der Waals surface area contributed by atoms with Gasteiger partial charge in [-0.2, -0.15) is 0 Å². The van der Waals surface area contributed by atoms with Crippen LogP contribution in [0.15, 0.2) is 72.7 Å². The second kappa shape index (κ2) is 15.7. The monoisotopic (exact) mass is 654 g/mol. The molecule has 1 N–H and O–H groups in total. The summed E-state index contributed by atoms with van der Waals surface area (Å²) in [6.07, 6.45) is 3.27. The maximum atomic E-state index is 13.8. The van der Waals surface area contributed by atoms with Crippen molar-refractivity contribution in [1.82, 2.24) is 24.9 Å². The first-order chi connectivity index (χ1) is 21.6. The molecular weight excluding hydrogens is 620 g/mol. The summed E-state index contributed by atoms with van der Waals surface area (Å²) in [5.41, 5.74) is 0.608. The first kappa shape index (κ1) is 33.7. The average molecular weight is 655 g/mol. The molecule has 1 atom stereocenters. The van der Waals surface area contributed by atoms with E-state index in [1.54, 1.807) is 35.2 Å². The second-order valence-electron chi connectivity index (χ2n) is 10.6. The van der Waals surface area contributed by atoms with Crippen LogP contribution >= 0.6 is 23.4 Å². The number of halogens is 1. The fourth-order valence-electron chi connectivity index (χ4n) is 5.09. The summed E-state index contributed by atoms with van der Waals surface area (Å²) in [6.45, 7) is 9.64. The molecule has 2 aromatic rings. The quantitative estimate of drug-likeness (QED) is 0.261. The van der Waals surface area contributed by atoms with Crippen LogP contribution in [-0.4, -0.2) is 112 Å². The number of benzene rings is 2. The molecule has 12 nitrogen and oxygen atoms in total. The third-order valence-electron chi connectivity index (χ3n) is 7.45. The van der Waals surface area contributed by atoms with E-state index in [2.05, 4.69) is 23.4 Å². The van der Waals surface area contributed by atoms with Gasteiger partial charge in [0, 0.05) is 68.2 Å². The van der Waals surface area contributed by atoms with Crippen LogP contribution in [0.1, 0.15) is 15.9 Å². The minimum absolute atomic E-state index is 0.0280. The van der Waals surface area contributed by atoms with E-state index in [-0.39, 0.29) is 54.0 Å². The van der Waals surface area contributed by atoms with Crippen molar-refractivity contribution in [2.75, 3.05) is 58.1 Å². The van der Waals surface area contributed by atoms with E-state index in [0.717, 1.165) is 11.8 Å². The molecule has 2 aromatic carbocycles. The summed E-state index contributed by atoms with van der Waals surface area (Å²) in [5, 5.41) is 15.2. The zero-order valence-corrected chi connectivity index (χ0v) is 26.3. The summed E-state index contributed by atoms with van der Waals surface area (Å²) >= 11 is 7.04. The third-order valence-corrected chi connectivity index (χ3v) is 8.84. The van der Waals surface area contributed by atoms with Gasteiger partial charge in [0.25, 0.3) is 11.6 Å². The number of hydrogen-bond acceptors (Lipinski definition) is 8. The molecule has 2 aliphatic rings. The van der Waals surface area contributed by atoms with Gasteiger partial charge in [-0.25, -0.2) is 0 Å². The van der Waals surface area contributed by atoms with Gasteiger partial charge in [0.1, 0.15) is 12.6 Å². The fraction of sp³-hybridized carbons (Fsp3) is 0.355. The van der Waals surface area contributed by atoms with Gasteiger partial charge in [0.15, 0.2) is 0 Å². The maximum absolute atomic E-state index is 13.8. The number of nitro benzene ring substituents is 1. The highest BCUT2D eigenvalue weighted by Crippen LogP contribution is 2.32. The molecular formula is C31H35ClN6O6S. The molecule has 2 heterocycles. The zero-order chi connectivity index (χ0) is 32.5. The van der Waals surface area contributed by atoms with Crippen LogP contribution in [0.5, 0.6) is 0 Å². The summed E-state index contributed by atoms with van der Waals surface area (Å²) in [6, 6.07) is 9.75. The van der Waals surface area contributed by atoms with E-state index >= 15 is 0 Å². The number of fused-ring (bicyclic) bond motifs is 2. The van der Waals surface area contributed by atoms with Crippen molar-refractivity contribution in [1.29, 1.82) is 0 Å². The van der Waals surface area contributed by atoms with Crippen molar-refractivity contribution in [3.63, 3.8) is 0 Å². The van der Waals surface area contributed by atoms with Crippen LogP contribution in [0.2, 0.25) is 5.02 Å². The van der Waals surface area contributed by atoms with E-state index in [1.807, 2.05) is 0 Å². The Morgan fingerprint density at radius 3 is 2.33 bits per heavy atom. The molecule has 1 saturated heterocycles. The number of carbonyl (C=O) groups is 4. The van der Waals surface area contributed by atoms with Crippen LogP contribution in [0.25, 0.3) is 0 Å². The fourth-order valence-corrected chi connectivity index (χ4v) is 6.29. The molecule has 1 unspecified atom stereocenters. The van der Waals surface area contributed by atoms with Crippen LogP contribution in [-0.2, 0) is 20.9 Å². The van der Waals surface area contributed by atoms with Crippen LogP contribution < -0.4 is 5.32 Å². The van der Waals surface area contributed by atoms with Crippen molar-refractivity contribution in [2.45, 2.75) is 17.5 Å². The number of nitrogens with zero attached hydrogens (tertiary/aromatic N) is 5. The lowest BCUT2D eigenvalue weighted by atomic mass is 10.1. The first-order valence-electron chi connectivity index (χ1n) is 14.3. The molecule has 2 bridgehead atoms. The molecule has 0 aliphatic carbocycles. The lowest BCUT2D eigenvalue weighted by Crippen LogP contribution is -2.57. The topological polar surface area (TPSA) is 136 Å². The van der Waals surface area contributed by atoms with Crippen LogP contribution in [0.3, 0.4) is 0 Å². The Labute approximate surface area is 270 Å². The first-order valence-corrected chi connectivity index (χ1v) is 15.7. The molecule has 0 radical (unpaired) electrons. The van der Waals surface area contributed by atoms with Crippen molar-refractivity contribution in [3.8, 4) is 0 Å². The lowest BCUT2D eigenvalue weighted by molar-refractivity contribution is -0.387. The average Bonchev–Trinajstić information content (AvgIpc) is 3.02. The Hall–Kier alpha value is -4.20. The van der Waals surface area contributed by atoms with E-state index in [9.17, 15) is 29.3 Å². The number of rotatable bonds is 8. The Morgan fingerprint density at radius 2 is 1.69 bits per heavy atom. The Balaban J connectivity index is 1.69. The highest BCUT2D eigenvalue weighted by molar-refractivity contribution is 7.99. The number of hydrogen-bond donors (Lipinski definition) is 1. The van der Waals surface area contributed by atoms with Crippen molar-refractivity contribution in [3.05, 3.63) is 94.0 Å². The van der Waals surface area contributed by atoms with Gasteiger partial charge in [0.2, 0.25) is 17.7 Å². The Bertz CT molecular complexity index is 1460. The van der Waals surface area contributed by atoms with E-state index < -0.39 is 28.7 Å². The SMILES string of the molecule is C=CCN1CCN(C(=O)C2CSc3cc(ccc3[N+](=O)[O-])C(=O)N(Cc3ccc(Cl)cc3)CC(=O)N(CC=C)CC(=O)N2)CC1. The minimum atomic E-state index is -1.03. The molecule has 238 valence electrons. The molecule has 14 heteroatoms. The van der Waals surface area contributed by atoms with Gasteiger partial charge in [-0.3, -0.25) is 34.2 Å². The van der Waals surface area contributed by atoms with E-state index in [0.29, 0.717) is 43.3 Å². The van der Waals surface area contributed by atoms with Crippen LogP contribution in [0.4, 0.5) is 5.69 Å². The summed E-state index contributed by atoms with van der Waals surface area (Å²) in [5.74, 6) is -1.97. The lowest BCUT2D eigenvalue weighted by Gasteiger charge is -2.36. The summed E-state index contributed by atoms with van der Waals surface area (Å²) in [4.78, 5) is 72.3. The van der Waals surface area contributed by atoms with Gasteiger partial charge >= 0.3 is 0 Å². The number of nitrogens with one attached hydrogen (secondary N) is 1. The normalized spacial score (nSPS) is 18.6. The Kier molecular flexibility index (Phi) is 11.7. The van der Waals surface area contributed by atoms with Crippen molar-refractivity contribution < 1.29 is 24.1 Å². The number of piperazine rings is 1. The van der Waals surface area contributed by atoms with Gasteiger partial charge in [-0.15, -0.1) is 24.9 Å². The minimum Gasteiger partial charge on any atom is -0.342 e. The van der Waals surface area contributed by atoms with Gasteiger partial charge < -0.3 is 20.0 Å². The van der Waals surface area contributed by atoms with Gasteiger partial charge in [-0.1, -0.05) is 35.9 Å². The largest absolute Gasteiger partial charge is 0.342 e. The molecule has 4 rings (SSSR count). The van der Waals surface area contributed by atoms with E-state index in [1.165, 1.54) is 34.1 Å². The number of thioether (sulfide) groups is 1. The standard InChI is InChI=1S/C31H35ClN6O6S/c1-3-11-34-13-15-35(16-14-34)31(42)25-21-45-27-17-23(7-10-26(27)38(43)44)30(41)37(18-22-5-8-24(32)9-6-22)20-29(40)36(12-4-2)19-28(39)33-25/h3-10,17,25H,1-2,11-16,18-21H2,(H,33,39). The molecule has 0 saturated carbocycles. The smallest absolute Gasteiger partial charge is 0.282 e. The molecule has 45 heavy (non-hydrogen) atoms. The second-order valence-corrected chi connectivity index (χ2v) is 12.1. The van der Waals surface area contributed by atoms with Crippen LogP contribution in [0, 0.1) is 10.1 Å². The molecule has 2 aliphatic heterocycles. The number of carbonyl (C=O) groups excluding carboxylic acids is 4. The molecule has 4 amide bonds. The van der Waals surface area contributed by atoms with E-state index in [4.69, 9.17) is 11.6 Å².